The molecule has 1 unspecified atom stereocenters. The largest absolute Gasteiger partial charge is 0.330 e. The van der Waals surface area contributed by atoms with E-state index in [0.717, 1.165) is 11.0 Å². The van der Waals surface area contributed by atoms with E-state index < -0.39 is 0 Å². The van der Waals surface area contributed by atoms with E-state index in [1.165, 1.54) is 7.05 Å². The second kappa shape index (κ2) is 4.47. The van der Waals surface area contributed by atoms with Gasteiger partial charge < -0.3 is 0 Å². The SMILES string of the molecule is CCC(C)Cn1cc(C)c(=O)n(C)c1=O. The van der Waals surface area contributed by atoms with E-state index in [4.69, 9.17) is 0 Å². The quantitative estimate of drug-likeness (QED) is 0.744. The molecule has 0 aliphatic carbocycles. The van der Waals surface area contributed by atoms with Gasteiger partial charge in [-0.1, -0.05) is 20.3 Å². The number of rotatable bonds is 3. The fourth-order valence-corrected chi connectivity index (χ4v) is 1.48. The molecule has 0 fully saturated rings. The minimum absolute atomic E-state index is 0.208. The Balaban J connectivity index is 3.21. The maximum atomic E-state index is 11.7. The third-order valence-electron chi connectivity index (χ3n) is 2.73. The fraction of sp³-hybridized carbons (Fsp3) is 0.636. The van der Waals surface area contributed by atoms with Crippen molar-refractivity contribution in [2.45, 2.75) is 33.7 Å². The molecular weight excluding hydrogens is 192 g/mol. The molecule has 1 rings (SSSR count). The average molecular weight is 210 g/mol. The van der Waals surface area contributed by atoms with Crippen molar-refractivity contribution >= 4 is 0 Å². The summed E-state index contributed by atoms with van der Waals surface area (Å²) in [6, 6.07) is 0. The van der Waals surface area contributed by atoms with Crippen molar-refractivity contribution in [1.82, 2.24) is 9.13 Å². The third kappa shape index (κ3) is 2.37. The van der Waals surface area contributed by atoms with Crippen molar-refractivity contribution in [1.29, 1.82) is 0 Å². The Bertz CT molecular complexity index is 457. The molecule has 0 saturated carbocycles. The summed E-state index contributed by atoms with van der Waals surface area (Å²) < 4.78 is 2.78. The molecule has 1 heterocycles. The van der Waals surface area contributed by atoms with Crippen LogP contribution in [0.4, 0.5) is 0 Å². The van der Waals surface area contributed by atoms with Crippen LogP contribution in [0.25, 0.3) is 0 Å². The first-order valence-electron chi connectivity index (χ1n) is 5.24. The number of hydrogen-bond donors (Lipinski definition) is 0. The Labute approximate surface area is 89.2 Å². The second-order valence-electron chi connectivity index (χ2n) is 4.12. The van der Waals surface area contributed by atoms with Crippen molar-refractivity contribution in [3.8, 4) is 0 Å². The molecule has 0 saturated heterocycles. The van der Waals surface area contributed by atoms with Gasteiger partial charge in [-0.25, -0.2) is 4.79 Å². The van der Waals surface area contributed by atoms with Crippen LogP contribution in [0.5, 0.6) is 0 Å². The van der Waals surface area contributed by atoms with Gasteiger partial charge in [0.1, 0.15) is 0 Å². The highest BCUT2D eigenvalue weighted by Crippen LogP contribution is 2.02. The molecule has 1 aromatic heterocycles. The maximum Gasteiger partial charge on any atom is 0.330 e. The van der Waals surface area contributed by atoms with E-state index >= 15 is 0 Å². The van der Waals surface area contributed by atoms with Crippen LogP contribution < -0.4 is 11.2 Å². The molecule has 4 heteroatoms. The monoisotopic (exact) mass is 210 g/mol. The molecule has 15 heavy (non-hydrogen) atoms. The molecule has 0 amide bonds. The van der Waals surface area contributed by atoms with Crippen LogP contribution in [0.15, 0.2) is 15.8 Å². The van der Waals surface area contributed by atoms with E-state index in [1.54, 1.807) is 17.7 Å². The van der Waals surface area contributed by atoms with Crippen LogP contribution in [0.1, 0.15) is 25.8 Å². The molecule has 0 bridgehead atoms. The van der Waals surface area contributed by atoms with Crippen molar-refractivity contribution < 1.29 is 0 Å². The third-order valence-corrected chi connectivity index (χ3v) is 2.73. The zero-order valence-corrected chi connectivity index (χ0v) is 9.78. The summed E-state index contributed by atoms with van der Waals surface area (Å²) in [7, 11) is 1.52. The van der Waals surface area contributed by atoms with Crippen molar-refractivity contribution in [2.24, 2.45) is 13.0 Å². The highest BCUT2D eigenvalue weighted by atomic mass is 16.2. The number of aryl methyl sites for hydroxylation is 1. The van der Waals surface area contributed by atoms with E-state index in [-0.39, 0.29) is 11.2 Å². The Morgan fingerprint density at radius 1 is 1.40 bits per heavy atom. The Kier molecular flexibility index (Phi) is 3.50. The van der Waals surface area contributed by atoms with Crippen molar-refractivity contribution in [3.05, 3.63) is 32.6 Å². The van der Waals surface area contributed by atoms with Gasteiger partial charge in [-0.15, -0.1) is 0 Å². The lowest BCUT2D eigenvalue weighted by Crippen LogP contribution is -2.39. The summed E-state index contributed by atoms with van der Waals surface area (Å²) in [6.45, 7) is 6.58. The number of nitrogens with zero attached hydrogens (tertiary/aromatic N) is 2. The standard InChI is InChI=1S/C11H18N2O2/c1-5-8(2)6-13-7-9(3)10(14)12(4)11(13)15/h7-8H,5-6H2,1-4H3. The zero-order chi connectivity index (χ0) is 11.6. The first-order chi connectivity index (χ1) is 6.97. The molecule has 0 radical (unpaired) electrons. The predicted octanol–water partition coefficient (Wildman–Crippen LogP) is 0.902. The summed E-state index contributed by atoms with van der Waals surface area (Å²) in [6.07, 6.45) is 2.67. The molecule has 1 aromatic rings. The Hall–Kier alpha value is -1.32. The number of aromatic nitrogens is 2. The molecule has 4 nitrogen and oxygen atoms in total. The molecule has 0 aliphatic rings. The molecule has 0 N–H and O–H groups in total. The van der Waals surface area contributed by atoms with Gasteiger partial charge in [0.25, 0.3) is 5.56 Å². The van der Waals surface area contributed by atoms with Gasteiger partial charge >= 0.3 is 5.69 Å². The molecule has 0 aromatic carbocycles. The Morgan fingerprint density at radius 2 is 2.00 bits per heavy atom. The second-order valence-corrected chi connectivity index (χ2v) is 4.12. The topological polar surface area (TPSA) is 44.0 Å². The van der Waals surface area contributed by atoms with Crippen molar-refractivity contribution in [2.75, 3.05) is 0 Å². The van der Waals surface area contributed by atoms with E-state index in [1.807, 2.05) is 0 Å². The highest BCUT2D eigenvalue weighted by molar-refractivity contribution is 5.02. The average Bonchev–Trinajstić information content (AvgIpc) is 2.22. The van der Waals surface area contributed by atoms with Gasteiger partial charge in [0, 0.05) is 25.4 Å². The van der Waals surface area contributed by atoms with Crippen LogP contribution in [-0.2, 0) is 13.6 Å². The smallest absolute Gasteiger partial charge is 0.300 e. The Morgan fingerprint density at radius 3 is 2.53 bits per heavy atom. The van der Waals surface area contributed by atoms with E-state index in [9.17, 15) is 9.59 Å². The summed E-state index contributed by atoms with van der Waals surface area (Å²) >= 11 is 0. The van der Waals surface area contributed by atoms with Gasteiger partial charge in [0.15, 0.2) is 0 Å². The first-order valence-corrected chi connectivity index (χ1v) is 5.24. The minimum Gasteiger partial charge on any atom is -0.300 e. The fourth-order valence-electron chi connectivity index (χ4n) is 1.48. The van der Waals surface area contributed by atoms with E-state index in [2.05, 4.69) is 13.8 Å². The lowest BCUT2D eigenvalue weighted by atomic mass is 10.1. The normalized spacial score (nSPS) is 12.8. The van der Waals surface area contributed by atoms with Crippen LogP contribution in [0.2, 0.25) is 0 Å². The number of hydrogen-bond acceptors (Lipinski definition) is 2. The predicted molar refractivity (Wildman–Crippen MR) is 60.1 cm³/mol. The van der Waals surface area contributed by atoms with Gasteiger partial charge in [-0.3, -0.25) is 13.9 Å². The lowest BCUT2D eigenvalue weighted by molar-refractivity contribution is 0.443. The van der Waals surface area contributed by atoms with Gasteiger partial charge in [-0.2, -0.15) is 0 Å². The summed E-state index contributed by atoms with van der Waals surface area (Å²) in [4.78, 5) is 23.2. The summed E-state index contributed by atoms with van der Waals surface area (Å²) in [5.41, 5.74) is 0.173. The molecule has 0 spiro atoms. The van der Waals surface area contributed by atoms with E-state index in [0.29, 0.717) is 18.0 Å². The molecule has 1 atom stereocenters. The zero-order valence-electron chi connectivity index (χ0n) is 9.78. The van der Waals surface area contributed by atoms with Crippen LogP contribution in [0.3, 0.4) is 0 Å². The van der Waals surface area contributed by atoms with Crippen LogP contribution in [0, 0.1) is 12.8 Å². The summed E-state index contributed by atoms with van der Waals surface area (Å²) in [5.74, 6) is 0.444. The molecular formula is C11H18N2O2. The van der Waals surface area contributed by atoms with Crippen molar-refractivity contribution in [3.63, 3.8) is 0 Å². The first kappa shape index (κ1) is 11.8. The summed E-state index contributed by atoms with van der Waals surface area (Å²) in [5, 5.41) is 0. The maximum absolute atomic E-state index is 11.7. The van der Waals surface area contributed by atoms with Crippen LogP contribution in [-0.4, -0.2) is 9.13 Å². The minimum atomic E-state index is -0.231. The lowest BCUT2D eigenvalue weighted by Gasteiger charge is -2.12. The van der Waals surface area contributed by atoms with Gasteiger partial charge in [0.2, 0.25) is 0 Å². The van der Waals surface area contributed by atoms with Crippen LogP contribution >= 0.6 is 0 Å². The van der Waals surface area contributed by atoms with Gasteiger partial charge in [0.05, 0.1) is 0 Å². The highest BCUT2D eigenvalue weighted by Gasteiger charge is 2.07. The molecule has 84 valence electrons. The van der Waals surface area contributed by atoms with Gasteiger partial charge in [-0.05, 0) is 12.8 Å². The molecule has 0 aliphatic heterocycles.